The van der Waals surface area contributed by atoms with Crippen LogP contribution in [0.25, 0.3) is 0 Å². The number of nitrogens with one attached hydrogen (secondary N) is 1. The topological polar surface area (TPSA) is 58.4 Å². The summed E-state index contributed by atoms with van der Waals surface area (Å²) in [5.74, 6) is -0.203. The number of amides is 1. The third-order valence-corrected chi connectivity index (χ3v) is 3.44. The molecular formula is C11H23N3O. The monoisotopic (exact) mass is 213 g/mol. The lowest BCUT2D eigenvalue weighted by molar-refractivity contribution is -0.118. The molecule has 88 valence electrons. The van der Waals surface area contributed by atoms with Gasteiger partial charge in [0.15, 0.2) is 0 Å². The summed E-state index contributed by atoms with van der Waals surface area (Å²) < 4.78 is 0. The summed E-state index contributed by atoms with van der Waals surface area (Å²) in [5, 5.41) is 3.32. The molecule has 1 rings (SSSR count). The number of rotatable bonds is 5. The fourth-order valence-corrected chi connectivity index (χ4v) is 2.27. The fourth-order valence-electron chi connectivity index (χ4n) is 2.27. The van der Waals surface area contributed by atoms with E-state index in [9.17, 15) is 4.79 Å². The van der Waals surface area contributed by atoms with Crippen LogP contribution >= 0.6 is 0 Å². The van der Waals surface area contributed by atoms with Gasteiger partial charge in [-0.15, -0.1) is 0 Å². The van der Waals surface area contributed by atoms with Crippen molar-refractivity contribution in [3.63, 3.8) is 0 Å². The Kier molecular flexibility index (Phi) is 5.05. The van der Waals surface area contributed by atoms with Crippen molar-refractivity contribution in [3.05, 3.63) is 0 Å². The van der Waals surface area contributed by atoms with Crippen molar-refractivity contribution in [2.24, 2.45) is 5.73 Å². The highest BCUT2D eigenvalue weighted by Crippen LogP contribution is 2.22. The van der Waals surface area contributed by atoms with E-state index in [2.05, 4.69) is 17.3 Å². The summed E-state index contributed by atoms with van der Waals surface area (Å²) in [4.78, 5) is 12.9. The first-order valence-electron chi connectivity index (χ1n) is 5.79. The maximum atomic E-state index is 10.7. The number of hydrogen-bond acceptors (Lipinski definition) is 3. The minimum absolute atomic E-state index is 0.203. The lowest BCUT2D eigenvalue weighted by Crippen LogP contribution is -2.40. The molecule has 0 unspecified atom stereocenters. The van der Waals surface area contributed by atoms with Crippen LogP contribution in [-0.2, 0) is 4.79 Å². The molecule has 4 heteroatoms. The van der Waals surface area contributed by atoms with Crippen molar-refractivity contribution < 1.29 is 4.79 Å². The second-order valence-electron chi connectivity index (χ2n) is 4.49. The highest BCUT2D eigenvalue weighted by Gasteiger charge is 2.22. The zero-order valence-electron chi connectivity index (χ0n) is 9.83. The number of primary amides is 1. The summed E-state index contributed by atoms with van der Waals surface area (Å²) in [6, 6.07) is 1.32. The maximum Gasteiger partial charge on any atom is 0.218 e. The molecule has 1 fully saturated rings. The van der Waals surface area contributed by atoms with Crippen molar-refractivity contribution in [1.82, 2.24) is 10.2 Å². The quantitative estimate of drug-likeness (QED) is 0.691. The molecule has 3 N–H and O–H groups in total. The van der Waals surface area contributed by atoms with E-state index < -0.39 is 0 Å². The number of nitrogens with two attached hydrogens (primary N) is 1. The highest BCUT2D eigenvalue weighted by atomic mass is 16.1. The van der Waals surface area contributed by atoms with Gasteiger partial charge in [-0.2, -0.15) is 0 Å². The third kappa shape index (κ3) is 4.18. The predicted molar refractivity (Wildman–Crippen MR) is 61.5 cm³/mol. The van der Waals surface area contributed by atoms with Crippen LogP contribution in [0, 0.1) is 0 Å². The second kappa shape index (κ2) is 6.08. The molecule has 1 aliphatic carbocycles. The smallest absolute Gasteiger partial charge is 0.218 e. The van der Waals surface area contributed by atoms with Crippen molar-refractivity contribution >= 4 is 5.91 Å². The predicted octanol–water partition coefficient (Wildman–Crippen LogP) is 0.324. The number of nitrogens with zero attached hydrogens (tertiary/aromatic N) is 1. The molecule has 0 aliphatic heterocycles. The molecule has 0 aromatic carbocycles. The van der Waals surface area contributed by atoms with E-state index in [0.29, 0.717) is 18.5 Å². The van der Waals surface area contributed by atoms with Gasteiger partial charge >= 0.3 is 0 Å². The van der Waals surface area contributed by atoms with E-state index in [-0.39, 0.29) is 5.91 Å². The van der Waals surface area contributed by atoms with Crippen LogP contribution in [-0.4, -0.2) is 43.5 Å². The third-order valence-electron chi connectivity index (χ3n) is 3.44. The van der Waals surface area contributed by atoms with E-state index in [1.165, 1.54) is 25.7 Å². The van der Waals surface area contributed by atoms with Gasteiger partial charge in [0.2, 0.25) is 5.91 Å². The van der Waals surface area contributed by atoms with E-state index >= 15 is 0 Å². The Labute approximate surface area is 92.2 Å². The van der Waals surface area contributed by atoms with Crippen molar-refractivity contribution in [1.29, 1.82) is 0 Å². The molecule has 0 aromatic heterocycles. The summed E-state index contributed by atoms with van der Waals surface area (Å²) in [7, 11) is 4.12. The van der Waals surface area contributed by atoms with Gasteiger partial charge in [-0.3, -0.25) is 4.79 Å². The molecule has 0 radical (unpaired) electrons. The van der Waals surface area contributed by atoms with Gasteiger partial charge in [-0.05, 0) is 39.8 Å². The van der Waals surface area contributed by atoms with Crippen LogP contribution < -0.4 is 11.1 Å². The molecule has 4 nitrogen and oxygen atoms in total. The zero-order valence-corrected chi connectivity index (χ0v) is 9.83. The van der Waals surface area contributed by atoms with Gasteiger partial charge in [-0.25, -0.2) is 0 Å². The number of hydrogen-bond donors (Lipinski definition) is 2. The molecule has 0 heterocycles. The molecule has 1 amide bonds. The first-order valence-corrected chi connectivity index (χ1v) is 5.79. The van der Waals surface area contributed by atoms with Gasteiger partial charge in [0.1, 0.15) is 0 Å². The minimum Gasteiger partial charge on any atom is -0.370 e. The maximum absolute atomic E-state index is 10.7. The molecule has 1 aliphatic rings. The van der Waals surface area contributed by atoms with Crippen LogP contribution in [0.2, 0.25) is 0 Å². The van der Waals surface area contributed by atoms with Gasteiger partial charge < -0.3 is 16.0 Å². The summed E-state index contributed by atoms with van der Waals surface area (Å²) in [6.45, 7) is 0.796. The largest absolute Gasteiger partial charge is 0.370 e. The fraction of sp³-hybridized carbons (Fsp3) is 0.909. The minimum atomic E-state index is -0.203. The molecular weight excluding hydrogens is 190 g/mol. The van der Waals surface area contributed by atoms with E-state index in [1.807, 2.05) is 7.05 Å². The molecule has 15 heavy (non-hydrogen) atoms. The Morgan fingerprint density at radius 2 is 2.00 bits per heavy atom. The second-order valence-corrected chi connectivity index (χ2v) is 4.49. The van der Waals surface area contributed by atoms with Gasteiger partial charge in [0.05, 0.1) is 0 Å². The number of carbonyl (C=O) groups is 1. The summed E-state index contributed by atoms with van der Waals surface area (Å²) >= 11 is 0. The van der Waals surface area contributed by atoms with E-state index in [0.717, 1.165) is 6.54 Å². The first-order chi connectivity index (χ1) is 7.13. The molecule has 0 saturated heterocycles. The Bertz CT molecular complexity index is 200. The van der Waals surface area contributed by atoms with Crippen LogP contribution in [0.15, 0.2) is 0 Å². The Hall–Kier alpha value is -0.610. The standard InChI is InChI=1S/C11H23N3O/c1-13-9-3-5-10(6-4-9)14(2)8-7-11(12)15/h9-10,13H,3-8H2,1-2H3,(H2,12,15). The summed E-state index contributed by atoms with van der Waals surface area (Å²) in [5.41, 5.74) is 5.14. The summed E-state index contributed by atoms with van der Waals surface area (Å²) in [6.07, 6.45) is 5.40. The SMILES string of the molecule is CNC1CCC(N(C)CCC(N)=O)CC1. The van der Waals surface area contributed by atoms with Crippen LogP contribution in [0.4, 0.5) is 0 Å². The van der Waals surface area contributed by atoms with Crippen molar-refractivity contribution in [2.45, 2.75) is 44.2 Å². The Morgan fingerprint density at radius 3 is 2.47 bits per heavy atom. The van der Waals surface area contributed by atoms with Crippen molar-refractivity contribution in [3.8, 4) is 0 Å². The van der Waals surface area contributed by atoms with Gasteiger partial charge in [-0.1, -0.05) is 0 Å². The molecule has 0 spiro atoms. The molecule has 0 atom stereocenters. The highest BCUT2D eigenvalue weighted by molar-refractivity contribution is 5.73. The van der Waals surface area contributed by atoms with Crippen LogP contribution in [0.3, 0.4) is 0 Å². The Balaban J connectivity index is 2.23. The normalized spacial score (nSPS) is 26.9. The van der Waals surface area contributed by atoms with Gasteiger partial charge in [0.25, 0.3) is 0 Å². The zero-order chi connectivity index (χ0) is 11.3. The molecule has 1 saturated carbocycles. The van der Waals surface area contributed by atoms with E-state index in [1.54, 1.807) is 0 Å². The van der Waals surface area contributed by atoms with E-state index in [4.69, 9.17) is 5.73 Å². The average Bonchev–Trinajstić information content (AvgIpc) is 2.26. The van der Waals surface area contributed by atoms with Gasteiger partial charge in [0, 0.05) is 25.0 Å². The Morgan fingerprint density at radius 1 is 1.40 bits per heavy atom. The lowest BCUT2D eigenvalue weighted by Gasteiger charge is -2.34. The molecule has 0 bridgehead atoms. The lowest BCUT2D eigenvalue weighted by atomic mass is 9.90. The number of carbonyl (C=O) groups excluding carboxylic acids is 1. The van der Waals surface area contributed by atoms with Crippen LogP contribution in [0.1, 0.15) is 32.1 Å². The van der Waals surface area contributed by atoms with Crippen molar-refractivity contribution in [2.75, 3.05) is 20.6 Å². The first kappa shape index (κ1) is 12.5. The van der Waals surface area contributed by atoms with Crippen LogP contribution in [0.5, 0.6) is 0 Å². The average molecular weight is 213 g/mol. The molecule has 0 aromatic rings.